The van der Waals surface area contributed by atoms with Crippen molar-refractivity contribution >= 4 is 33.2 Å². The smallest absolute Gasteiger partial charge is 0.265 e. The Morgan fingerprint density at radius 2 is 2.28 bits per heavy atom. The topological polar surface area (TPSA) is 58.6 Å². The zero-order chi connectivity index (χ0) is 13.7. The molecule has 0 spiro atoms. The molecule has 0 aliphatic carbocycles. The minimum atomic E-state index is -0.147. The maximum absolute atomic E-state index is 12.2. The van der Waals surface area contributed by atoms with Crippen molar-refractivity contribution in [3.05, 3.63) is 14.2 Å². The average Bonchev–Trinajstić information content (AvgIpc) is 2.64. The van der Waals surface area contributed by atoms with Crippen molar-refractivity contribution in [3.8, 4) is 5.75 Å². The molecular weight excluding hydrogens is 318 g/mol. The number of methoxy groups -OCH3 is 1. The fraction of sp³-hybridized carbons (Fsp3) is 0.583. The zero-order valence-corrected chi connectivity index (χ0v) is 13.2. The Morgan fingerprint density at radius 1 is 1.61 bits per heavy atom. The lowest BCUT2D eigenvalue weighted by Gasteiger charge is -2.15. The van der Waals surface area contributed by atoms with Gasteiger partial charge >= 0.3 is 0 Å². The fourth-order valence-corrected chi connectivity index (χ4v) is 3.27. The summed E-state index contributed by atoms with van der Waals surface area (Å²) in [6, 6.07) is -0.00612. The van der Waals surface area contributed by atoms with Gasteiger partial charge in [0.05, 0.1) is 11.6 Å². The molecule has 6 heteroatoms. The summed E-state index contributed by atoms with van der Waals surface area (Å²) in [4.78, 5) is 13.7. The van der Waals surface area contributed by atoms with Crippen LogP contribution in [0.4, 0.5) is 0 Å². The highest BCUT2D eigenvalue weighted by Gasteiger charge is 2.22. The van der Waals surface area contributed by atoms with Crippen molar-refractivity contribution in [2.45, 2.75) is 32.7 Å². The van der Waals surface area contributed by atoms with Gasteiger partial charge in [0.2, 0.25) is 0 Å². The van der Waals surface area contributed by atoms with Crippen LogP contribution in [0.5, 0.6) is 5.75 Å². The number of rotatable bonds is 6. The largest absolute Gasteiger partial charge is 0.494 e. The van der Waals surface area contributed by atoms with E-state index in [9.17, 15) is 4.79 Å². The SMILES string of the molecule is CCC(CCO)NC(=O)c1sc(C)c(Br)c1OC. The number of aryl methyl sites for hydroxylation is 1. The van der Waals surface area contributed by atoms with Gasteiger partial charge in [0.1, 0.15) is 4.88 Å². The van der Waals surface area contributed by atoms with Gasteiger partial charge < -0.3 is 15.2 Å². The van der Waals surface area contributed by atoms with Gasteiger partial charge in [-0.05, 0) is 35.7 Å². The van der Waals surface area contributed by atoms with E-state index in [0.717, 1.165) is 15.8 Å². The molecule has 0 aromatic carbocycles. The lowest BCUT2D eigenvalue weighted by Crippen LogP contribution is -2.34. The molecule has 1 heterocycles. The van der Waals surface area contributed by atoms with E-state index in [1.165, 1.54) is 11.3 Å². The van der Waals surface area contributed by atoms with Crippen LogP contribution in [0.3, 0.4) is 0 Å². The number of carbonyl (C=O) groups excluding carboxylic acids is 1. The number of amides is 1. The Labute approximate surface area is 119 Å². The van der Waals surface area contributed by atoms with Crippen molar-refractivity contribution in [1.29, 1.82) is 0 Å². The second kappa shape index (κ2) is 7.11. The molecule has 1 rings (SSSR count). The second-order valence-electron chi connectivity index (χ2n) is 3.93. The van der Waals surface area contributed by atoms with Crippen LogP contribution in [-0.4, -0.2) is 30.8 Å². The number of hydrogen-bond acceptors (Lipinski definition) is 4. The van der Waals surface area contributed by atoms with Crippen LogP contribution in [-0.2, 0) is 0 Å². The number of thiophene rings is 1. The molecule has 0 saturated heterocycles. The molecule has 0 aliphatic rings. The third-order valence-corrected chi connectivity index (χ3v) is 4.99. The Hall–Kier alpha value is -0.590. The highest BCUT2D eigenvalue weighted by atomic mass is 79.9. The van der Waals surface area contributed by atoms with Crippen LogP contribution in [0.15, 0.2) is 4.47 Å². The zero-order valence-electron chi connectivity index (χ0n) is 10.7. The first-order valence-electron chi connectivity index (χ1n) is 5.79. The predicted molar refractivity (Wildman–Crippen MR) is 76.6 cm³/mol. The number of hydrogen-bond donors (Lipinski definition) is 2. The van der Waals surface area contributed by atoms with Crippen LogP contribution in [0.2, 0.25) is 0 Å². The lowest BCUT2D eigenvalue weighted by atomic mass is 10.1. The van der Waals surface area contributed by atoms with E-state index in [1.807, 2.05) is 13.8 Å². The highest BCUT2D eigenvalue weighted by Crippen LogP contribution is 2.39. The highest BCUT2D eigenvalue weighted by molar-refractivity contribution is 9.10. The molecular formula is C12H18BrNO3S. The summed E-state index contributed by atoms with van der Waals surface area (Å²) in [5.41, 5.74) is 0. The van der Waals surface area contributed by atoms with Gasteiger partial charge in [-0.25, -0.2) is 0 Å². The maximum Gasteiger partial charge on any atom is 0.265 e. The normalized spacial score (nSPS) is 12.3. The molecule has 102 valence electrons. The summed E-state index contributed by atoms with van der Waals surface area (Å²) in [6.07, 6.45) is 1.36. The Balaban J connectivity index is 2.87. The van der Waals surface area contributed by atoms with Crippen molar-refractivity contribution < 1.29 is 14.6 Å². The molecule has 0 bridgehead atoms. The molecule has 1 amide bonds. The van der Waals surface area contributed by atoms with Gasteiger partial charge in [-0.2, -0.15) is 0 Å². The number of ether oxygens (including phenoxy) is 1. The van der Waals surface area contributed by atoms with E-state index in [0.29, 0.717) is 17.0 Å². The maximum atomic E-state index is 12.2. The quantitative estimate of drug-likeness (QED) is 0.840. The Bertz CT molecular complexity index is 420. The first-order valence-corrected chi connectivity index (χ1v) is 7.40. The number of carbonyl (C=O) groups is 1. The molecule has 18 heavy (non-hydrogen) atoms. The van der Waals surface area contributed by atoms with Gasteiger partial charge in [-0.1, -0.05) is 6.92 Å². The van der Waals surface area contributed by atoms with E-state index >= 15 is 0 Å². The van der Waals surface area contributed by atoms with Crippen LogP contribution < -0.4 is 10.1 Å². The van der Waals surface area contributed by atoms with Crippen LogP contribution >= 0.6 is 27.3 Å². The fourth-order valence-electron chi connectivity index (χ4n) is 1.62. The number of halogens is 1. The van der Waals surface area contributed by atoms with E-state index in [4.69, 9.17) is 9.84 Å². The number of aliphatic hydroxyl groups is 1. The third kappa shape index (κ3) is 3.46. The van der Waals surface area contributed by atoms with E-state index in [2.05, 4.69) is 21.2 Å². The molecule has 1 aromatic heterocycles. The molecule has 0 fully saturated rings. The van der Waals surface area contributed by atoms with Gasteiger partial charge in [-0.3, -0.25) is 4.79 Å². The van der Waals surface area contributed by atoms with Crippen LogP contribution in [0, 0.1) is 6.92 Å². The average molecular weight is 336 g/mol. The Kier molecular flexibility index (Phi) is 6.11. The standard InChI is InChI=1S/C12H18BrNO3S/c1-4-8(5-6-15)14-12(16)11-10(17-3)9(13)7(2)18-11/h8,15H,4-6H2,1-3H3,(H,14,16). The minimum Gasteiger partial charge on any atom is -0.494 e. The lowest BCUT2D eigenvalue weighted by molar-refractivity contribution is 0.0930. The monoisotopic (exact) mass is 335 g/mol. The molecule has 0 saturated carbocycles. The summed E-state index contributed by atoms with van der Waals surface area (Å²) >= 11 is 4.81. The van der Waals surface area contributed by atoms with E-state index in [-0.39, 0.29) is 18.6 Å². The number of nitrogens with one attached hydrogen (secondary N) is 1. The molecule has 1 unspecified atom stereocenters. The summed E-state index contributed by atoms with van der Waals surface area (Å²) in [6.45, 7) is 3.98. The van der Waals surface area contributed by atoms with Crippen molar-refractivity contribution in [2.24, 2.45) is 0 Å². The van der Waals surface area contributed by atoms with Gasteiger partial charge in [0.15, 0.2) is 5.75 Å². The first-order chi connectivity index (χ1) is 8.54. The summed E-state index contributed by atoms with van der Waals surface area (Å²) in [5.74, 6) is 0.430. The van der Waals surface area contributed by atoms with Crippen LogP contribution in [0.1, 0.15) is 34.3 Å². The minimum absolute atomic E-state index is 0.00612. The predicted octanol–water partition coefficient (Wildman–Crippen LogP) is 2.72. The van der Waals surface area contributed by atoms with Crippen LogP contribution in [0.25, 0.3) is 0 Å². The van der Waals surface area contributed by atoms with Gasteiger partial charge in [0, 0.05) is 17.5 Å². The third-order valence-electron chi connectivity index (χ3n) is 2.69. The first kappa shape index (κ1) is 15.5. The summed E-state index contributed by atoms with van der Waals surface area (Å²) in [5, 5.41) is 11.8. The van der Waals surface area contributed by atoms with Crippen molar-refractivity contribution in [3.63, 3.8) is 0 Å². The molecule has 1 atom stereocenters. The van der Waals surface area contributed by atoms with Gasteiger partial charge in [-0.15, -0.1) is 11.3 Å². The number of aliphatic hydroxyl groups excluding tert-OH is 1. The molecule has 0 radical (unpaired) electrons. The van der Waals surface area contributed by atoms with Crippen molar-refractivity contribution in [1.82, 2.24) is 5.32 Å². The summed E-state index contributed by atoms with van der Waals surface area (Å²) < 4.78 is 6.08. The Morgan fingerprint density at radius 3 is 2.78 bits per heavy atom. The van der Waals surface area contributed by atoms with Gasteiger partial charge in [0.25, 0.3) is 5.91 Å². The summed E-state index contributed by atoms with van der Waals surface area (Å²) in [7, 11) is 1.55. The molecule has 2 N–H and O–H groups in total. The van der Waals surface area contributed by atoms with E-state index in [1.54, 1.807) is 7.11 Å². The molecule has 0 aliphatic heterocycles. The molecule has 4 nitrogen and oxygen atoms in total. The van der Waals surface area contributed by atoms with Crippen molar-refractivity contribution in [2.75, 3.05) is 13.7 Å². The second-order valence-corrected chi connectivity index (χ2v) is 5.94. The van der Waals surface area contributed by atoms with E-state index < -0.39 is 0 Å². The molecule has 1 aromatic rings.